The standard InChI is InChI=1S/C11H18N2OS/c1-8(4-11-6-15-7-13-11)5-12-9(2)10(3)14/h6-9,12H,4-5H2,1-3H3/t8-,9-/m0/s1. The highest BCUT2D eigenvalue weighted by molar-refractivity contribution is 7.07. The number of ketones is 1. The maximum atomic E-state index is 11.0. The van der Waals surface area contributed by atoms with Gasteiger partial charge in [0.25, 0.3) is 0 Å². The second kappa shape index (κ2) is 5.98. The van der Waals surface area contributed by atoms with Crippen LogP contribution in [0.15, 0.2) is 10.9 Å². The zero-order valence-electron chi connectivity index (χ0n) is 9.49. The van der Waals surface area contributed by atoms with Crippen LogP contribution in [0.5, 0.6) is 0 Å². The van der Waals surface area contributed by atoms with E-state index in [0.29, 0.717) is 5.92 Å². The highest BCUT2D eigenvalue weighted by atomic mass is 32.1. The Morgan fingerprint density at radius 2 is 2.33 bits per heavy atom. The van der Waals surface area contributed by atoms with Gasteiger partial charge in [-0.3, -0.25) is 4.79 Å². The van der Waals surface area contributed by atoms with Crippen molar-refractivity contribution in [1.82, 2.24) is 10.3 Å². The molecule has 0 fully saturated rings. The monoisotopic (exact) mass is 226 g/mol. The molecule has 0 saturated carbocycles. The van der Waals surface area contributed by atoms with Crippen molar-refractivity contribution in [1.29, 1.82) is 0 Å². The number of hydrogen-bond donors (Lipinski definition) is 1. The Kier molecular flexibility index (Phi) is 4.91. The Bertz CT molecular complexity index is 298. The molecule has 4 heteroatoms. The van der Waals surface area contributed by atoms with Gasteiger partial charge in [-0.05, 0) is 32.7 Å². The summed E-state index contributed by atoms with van der Waals surface area (Å²) in [5.74, 6) is 0.699. The number of Topliss-reactive ketones (excluding diaryl/α,β-unsaturated/α-hetero) is 1. The van der Waals surface area contributed by atoms with Gasteiger partial charge in [-0.25, -0.2) is 4.98 Å². The molecule has 15 heavy (non-hydrogen) atoms. The minimum absolute atomic E-state index is 0.0390. The number of rotatable bonds is 6. The van der Waals surface area contributed by atoms with Crippen LogP contribution < -0.4 is 5.32 Å². The molecule has 0 aliphatic heterocycles. The predicted octanol–water partition coefficient (Wildman–Crippen LogP) is 1.89. The molecule has 1 aromatic rings. The van der Waals surface area contributed by atoms with Crippen LogP contribution in [0.1, 0.15) is 26.5 Å². The quantitative estimate of drug-likeness (QED) is 0.805. The Morgan fingerprint density at radius 1 is 1.60 bits per heavy atom. The molecule has 1 N–H and O–H groups in total. The normalized spacial score (nSPS) is 14.9. The van der Waals surface area contributed by atoms with E-state index >= 15 is 0 Å². The van der Waals surface area contributed by atoms with Crippen molar-refractivity contribution in [2.45, 2.75) is 33.2 Å². The molecule has 2 atom stereocenters. The number of carbonyl (C=O) groups excluding carboxylic acids is 1. The largest absolute Gasteiger partial charge is 0.307 e. The summed E-state index contributed by atoms with van der Waals surface area (Å²) in [6, 6.07) is -0.0390. The Hall–Kier alpha value is -0.740. The number of hydrogen-bond acceptors (Lipinski definition) is 4. The van der Waals surface area contributed by atoms with Gasteiger partial charge in [-0.15, -0.1) is 11.3 Å². The smallest absolute Gasteiger partial charge is 0.146 e. The maximum Gasteiger partial charge on any atom is 0.146 e. The molecule has 0 bridgehead atoms. The molecule has 0 aliphatic rings. The molecule has 1 rings (SSSR count). The van der Waals surface area contributed by atoms with Gasteiger partial charge in [0.05, 0.1) is 17.2 Å². The summed E-state index contributed by atoms with van der Waals surface area (Å²) in [6.07, 6.45) is 0.973. The van der Waals surface area contributed by atoms with E-state index in [1.165, 1.54) is 0 Å². The number of nitrogens with one attached hydrogen (secondary N) is 1. The molecule has 0 aromatic carbocycles. The fraction of sp³-hybridized carbons (Fsp3) is 0.636. The fourth-order valence-corrected chi connectivity index (χ4v) is 1.86. The summed E-state index contributed by atoms with van der Waals surface area (Å²) in [6.45, 7) is 6.54. The molecule has 1 aromatic heterocycles. The van der Waals surface area contributed by atoms with E-state index in [-0.39, 0.29) is 11.8 Å². The van der Waals surface area contributed by atoms with Gasteiger partial charge in [-0.2, -0.15) is 0 Å². The first-order chi connectivity index (χ1) is 7.09. The van der Waals surface area contributed by atoms with E-state index < -0.39 is 0 Å². The van der Waals surface area contributed by atoms with Crippen molar-refractivity contribution in [2.75, 3.05) is 6.54 Å². The second-order valence-electron chi connectivity index (χ2n) is 4.03. The van der Waals surface area contributed by atoms with Gasteiger partial charge in [0.1, 0.15) is 5.78 Å². The van der Waals surface area contributed by atoms with Crippen LogP contribution in [0, 0.1) is 5.92 Å². The molecule has 0 saturated heterocycles. The van der Waals surface area contributed by atoms with Crippen LogP contribution in [0.25, 0.3) is 0 Å². The summed E-state index contributed by atoms with van der Waals surface area (Å²) in [5.41, 5.74) is 3.00. The molecule has 0 aliphatic carbocycles. The lowest BCUT2D eigenvalue weighted by molar-refractivity contribution is -0.118. The van der Waals surface area contributed by atoms with Crippen LogP contribution in [-0.2, 0) is 11.2 Å². The van der Waals surface area contributed by atoms with Crippen LogP contribution in [-0.4, -0.2) is 23.4 Å². The van der Waals surface area contributed by atoms with Gasteiger partial charge in [0, 0.05) is 5.38 Å². The van der Waals surface area contributed by atoms with Gasteiger partial charge in [0.2, 0.25) is 0 Å². The summed E-state index contributed by atoms with van der Waals surface area (Å²) < 4.78 is 0. The lowest BCUT2D eigenvalue weighted by Crippen LogP contribution is -2.35. The summed E-state index contributed by atoms with van der Waals surface area (Å²) in [7, 11) is 0. The maximum absolute atomic E-state index is 11.0. The molecular weight excluding hydrogens is 208 g/mol. The lowest BCUT2D eigenvalue weighted by Gasteiger charge is -2.14. The average molecular weight is 226 g/mol. The van der Waals surface area contributed by atoms with Crippen LogP contribution >= 0.6 is 11.3 Å². The predicted molar refractivity (Wildman–Crippen MR) is 63.1 cm³/mol. The lowest BCUT2D eigenvalue weighted by atomic mass is 10.1. The van der Waals surface area contributed by atoms with E-state index in [4.69, 9.17) is 0 Å². The van der Waals surface area contributed by atoms with E-state index in [9.17, 15) is 4.79 Å². The Balaban J connectivity index is 2.25. The number of aromatic nitrogens is 1. The number of carbonyl (C=O) groups is 1. The topological polar surface area (TPSA) is 42.0 Å². The van der Waals surface area contributed by atoms with Crippen LogP contribution in [0.4, 0.5) is 0 Å². The van der Waals surface area contributed by atoms with Crippen LogP contribution in [0.3, 0.4) is 0 Å². The molecule has 0 unspecified atom stereocenters. The average Bonchev–Trinajstić information content (AvgIpc) is 2.66. The third kappa shape index (κ3) is 4.53. The van der Waals surface area contributed by atoms with Crippen molar-refractivity contribution >= 4 is 17.1 Å². The molecule has 84 valence electrons. The second-order valence-corrected chi connectivity index (χ2v) is 4.75. The van der Waals surface area contributed by atoms with Crippen LogP contribution in [0.2, 0.25) is 0 Å². The third-order valence-corrected chi connectivity index (χ3v) is 3.06. The fourth-order valence-electron chi connectivity index (χ4n) is 1.29. The minimum Gasteiger partial charge on any atom is -0.307 e. The molecule has 0 radical (unpaired) electrons. The Labute approximate surface area is 94.9 Å². The van der Waals surface area contributed by atoms with E-state index in [1.54, 1.807) is 18.3 Å². The first-order valence-electron chi connectivity index (χ1n) is 5.20. The first kappa shape index (κ1) is 12.3. The molecule has 3 nitrogen and oxygen atoms in total. The van der Waals surface area contributed by atoms with Gasteiger partial charge in [-0.1, -0.05) is 6.92 Å². The molecule has 0 spiro atoms. The van der Waals surface area contributed by atoms with Crippen molar-refractivity contribution in [3.05, 3.63) is 16.6 Å². The molecule has 1 heterocycles. The third-order valence-electron chi connectivity index (χ3n) is 2.42. The van der Waals surface area contributed by atoms with E-state index in [0.717, 1.165) is 18.7 Å². The summed E-state index contributed by atoms with van der Waals surface area (Å²) in [5, 5.41) is 5.29. The zero-order chi connectivity index (χ0) is 11.3. The van der Waals surface area contributed by atoms with E-state index in [1.807, 2.05) is 12.4 Å². The van der Waals surface area contributed by atoms with Gasteiger partial charge < -0.3 is 5.32 Å². The molecule has 0 amide bonds. The minimum atomic E-state index is -0.0390. The Morgan fingerprint density at radius 3 is 2.87 bits per heavy atom. The van der Waals surface area contributed by atoms with Crippen molar-refractivity contribution in [3.63, 3.8) is 0 Å². The number of thiazole rings is 1. The zero-order valence-corrected chi connectivity index (χ0v) is 10.3. The number of nitrogens with zero attached hydrogens (tertiary/aromatic N) is 1. The summed E-state index contributed by atoms with van der Waals surface area (Å²) >= 11 is 1.63. The van der Waals surface area contributed by atoms with Crippen molar-refractivity contribution < 1.29 is 4.79 Å². The highest BCUT2D eigenvalue weighted by Gasteiger charge is 2.09. The van der Waals surface area contributed by atoms with Gasteiger partial charge in [0.15, 0.2) is 0 Å². The molecular formula is C11H18N2OS. The first-order valence-corrected chi connectivity index (χ1v) is 6.14. The van der Waals surface area contributed by atoms with Crippen molar-refractivity contribution in [3.8, 4) is 0 Å². The van der Waals surface area contributed by atoms with Crippen molar-refractivity contribution in [2.24, 2.45) is 5.92 Å². The summed E-state index contributed by atoms with van der Waals surface area (Å²) in [4.78, 5) is 15.2. The SMILES string of the molecule is CC(=O)[C@H](C)NC[C@@H](C)Cc1cscn1. The van der Waals surface area contributed by atoms with E-state index in [2.05, 4.69) is 22.6 Å². The van der Waals surface area contributed by atoms with Gasteiger partial charge >= 0.3 is 0 Å². The highest BCUT2D eigenvalue weighted by Crippen LogP contribution is 2.08.